The molecule has 1 atom stereocenters. The highest BCUT2D eigenvalue weighted by atomic mass is 31.1. The van der Waals surface area contributed by atoms with Crippen LogP contribution < -0.4 is 4.52 Å². The fourth-order valence-corrected chi connectivity index (χ4v) is 3.03. The van der Waals surface area contributed by atoms with Crippen LogP contribution in [0.1, 0.15) is 6.92 Å². The molecule has 5 heteroatoms. The summed E-state index contributed by atoms with van der Waals surface area (Å²) in [5.74, 6) is 0.0713. The molecule has 0 aliphatic heterocycles. The normalized spacial score (nSPS) is 11.4. The SMILES string of the molecule is CCO[P+](=O)Oc1ccc(-c2cccc3ccccc23)cc1O. The van der Waals surface area contributed by atoms with Crippen LogP contribution in [0.3, 0.4) is 0 Å². The van der Waals surface area contributed by atoms with E-state index in [-0.39, 0.29) is 18.1 Å². The number of rotatable bonds is 5. The van der Waals surface area contributed by atoms with E-state index in [2.05, 4.69) is 0 Å². The number of benzene rings is 3. The lowest BCUT2D eigenvalue weighted by molar-refractivity contribution is 0.298. The molecule has 0 aliphatic carbocycles. The molecule has 23 heavy (non-hydrogen) atoms. The Labute approximate surface area is 135 Å². The predicted octanol–water partition coefficient (Wildman–Crippen LogP) is 5.29. The first-order chi connectivity index (χ1) is 11.2. The van der Waals surface area contributed by atoms with E-state index in [0.717, 1.165) is 21.9 Å². The highest BCUT2D eigenvalue weighted by Gasteiger charge is 2.23. The molecule has 0 radical (unpaired) electrons. The lowest BCUT2D eigenvalue weighted by Crippen LogP contribution is -1.88. The van der Waals surface area contributed by atoms with Crippen LogP contribution in [0.15, 0.2) is 60.7 Å². The van der Waals surface area contributed by atoms with E-state index in [1.54, 1.807) is 19.1 Å². The minimum absolute atomic E-state index is 0.0708. The fourth-order valence-electron chi connectivity index (χ4n) is 2.45. The summed E-state index contributed by atoms with van der Waals surface area (Å²) in [4.78, 5) is 0. The smallest absolute Gasteiger partial charge is 0.504 e. The quantitative estimate of drug-likeness (QED) is 0.647. The molecule has 0 aliphatic rings. The van der Waals surface area contributed by atoms with Crippen LogP contribution in [-0.2, 0) is 9.09 Å². The van der Waals surface area contributed by atoms with Gasteiger partial charge >= 0.3 is 8.25 Å². The van der Waals surface area contributed by atoms with Crippen LogP contribution in [0.2, 0.25) is 0 Å². The van der Waals surface area contributed by atoms with Gasteiger partial charge in [-0.25, -0.2) is 4.52 Å². The summed E-state index contributed by atoms with van der Waals surface area (Å²) in [7, 11) is -2.28. The van der Waals surface area contributed by atoms with Gasteiger partial charge in [-0.15, -0.1) is 4.52 Å². The van der Waals surface area contributed by atoms with Gasteiger partial charge in [0.1, 0.15) is 6.61 Å². The highest BCUT2D eigenvalue weighted by molar-refractivity contribution is 7.33. The maximum Gasteiger partial charge on any atom is 0.750 e. The lowest BCUT2D eigenvalue weighted by Gasteiger charge is -2.08. The van der Waals surface area contributed by atoms with E-state index in [9.17, 15) is 9.67 Å². The zero-order chi connectivity index (χ0) is 16.2. The topological polar surface area (TPSA) is 55.8 Å². The van der Waals surface area contributed by atoms with Crippen molar-refractivity contribution in [1.82, 2.24) is 0 Å². The highest BCUT2D eigenvalue weighted by Crippen LogP contribution is 2.38. The molecule has 1 unspecified atom stereocenters. The van der Waals surface area contributed by atoms with Crippen LogP contribution in [0.4, 0.5) is 0 Å². The average molecular weight is 327 g/mol. The van der Waals surface area contributed by atoms with Crippen molar-refractivity contribution in [2.45, 2.75) is 6.92 Å². The second-order valence-corrected chi connectivity index (χ2v) is 5.83. The molecule has 116 valence electrons. The first-order valence-electron chi connectivity index (χ1n) is 7.28. The van der Waals surface area contributed by atoms with Crippen molar-refractivity contribution in [2.24, 2.45) is 0 Å². The Hall–Kier alpha value is -2.42. The summed E-state index contributed by atoms with van der Waals surface area (Å²) in [5.41, 5.74) is 1.87. The molecule has 4 nitrogen and oxygen atoms in total. The fraction of sp³-hybridized carbons (Fsp3) is 0.111. The van der Waals surface area contributed by atoms with Gasteiger partial charge in [-0.1, -0.05) is 48.5 Å². The molecule has 3 aromatic carbocycles. The third kappa shape index (κ3) is 3.34. The van der Waals surface area contributed by atoms with Crippen LogP contribution >= 0.6 is 8.25 Å². The summed E-state index contributed by atoms with van der Waals surface area (Å²) in [6.07, 6.45) is 0. The molecule has 3 rings (SSSR count). The van der Waals surface area contributed by atoms with Crippen LogP contribution in [-0.4, -0.2) is 11.7 Å². The molecule has 0 heterocycles. The molecule has 0 saturated heterocycles. The Bertz CT molecular complexity index is 855. The minimum Gasteiger partial charge on any atom is -0.504 e. The zero-order valence-corrected chi connectivity index (χ0v) is 13.5. The van der Waals surface area contributed by atoms with Gasteiger partial charge in [-0.3, -0.25) is 0 Å². The van der Waals surface area contributed by atoms with Crippen molar-refractivity contribution in [3.63, 3.8) is 0 Å². The number of phenols is 1. The molecule has 0 saturated carbocycles. The van der Waals surface area contributed by atoms with E-state index < -0.39 is 8.25 Å². The van der Waals surface area contributed by atoms with Gasteiger partial charge < -0.3 is 5.11 Å². The monoisotopic (exact) mass is 327 g/mol. The molecule has 0 spiro atoms. The Morgan fingerprint density at radius 2 is 1.83 bits per heavy atom. The second-order valence-electron chi connectivity index (χ2n) is 4.94. The third-order valence-electron chi connectivity index (χ3n) is 3.47. The van der Waals surface area contributed by atoms with Gasteiger partial charge in [0.15, 0.2) is 5.75 Å². The van der Waals surface area contributed by atoms with Crippen molar-refractivity contribution in [2.75, 3.05) is 6.61 Å². The maximum atomic E-state index is 11.5. The van der Waals surface area contributed by atoms with E-state index in [1.165, 1.54) is 0 Å². The van der Waals surface area contributed by atoms with Crippen molar-refractivity contribution >= 4 is 19.0 Å². The molecule has 0 fully saturated rings. The van der Waals surface area contributed by atoms with Gasteiger partial charge in [-0.05, 0) is 41.0 Å². The van der Waals surface area contributed by atoms with Crippen molar-refractivity contribution < 1.29 is 18.7 Å². The molecule has 3 aromatic rings. The molecule has 0 bridgehead atoms. The van der Waals surface area contributed by atoms with Crippen LogP contribution in [0, 0.1) is 0 Å². The van der Waals surface area contributed by atoms with Crippen molar-refractivity contribution in [3.05, 3.63) is 60.7 Å². The predicted molar refractivity (Wildman–Crippen MR) is 90.9 cm³/mol. The Morgan fingerprint density at radius 3 is 2.61 bits per heavy atom. The average Bonchev–Trinajstić information content (AvgIpc) is 2.56. The van der Waals surface area contributed by atoms with E-state index in [1.807, 2.05) is 48.5 Å². The summed E-state index contributed by atoms with van der Waals surface area (Å²) in [6.45, 7) is 2.00. The summed E-state index contributed by atoms with van der Waals surface area (Å²) in [6, 6.07) is 19.1. The summed E-state index contributed by atoms with van der Waals surface area (Å²) in [5, 5.41) is 12.4. The number of hydrogen-bond donors (Lipinski definition) is 1. The third-order valence-corrected chi connectivity index (χ3v) is 4.28. The second kappa shape index (κ2) is 6.78. The maximum absolute atomic E-state index is 11.5. The molecule has 0 aromatic heterocycles. The Morgan fingerprint density at radius 1 is 1.04 bits per heavy atom. The standard InChI is InChI=1S/C18H15O4P/c1-2-21-23(20)22-18-11-10-14(12-17(18)19)16-9-5-7-13-6-3-4-8-15(13)16/h3-12H,2H2,1H3/p+1. The summed E-state index contributed by atoms with van der Waals surface area (Å²) >= 11 is 0. The van der Waals surface area contributed by atoms with Crippen molar-refractivity contribution in [1.29, 1.82) is 0 Å². The van der Waals surface area contributed by atoms with Gasteiger partial charge in [0.05, 0.1) is 0 Å². The Balaban J connectivity index is 1.98. The zero-order valence-electron chi connectivity index (χ0n) is 12.6. The molecular formula is C18H16O4P+. The van der Waals surface area contributed by atoms with Gasteiger partial charge in [0, 0.05) is 4.57 Å². The van der Waals surface area contributed by atoms with Crippen LogP contribution in [0.5, 0.6) is 11.5 Å². The van der Waals surface area contributed by atoms with Crippen molar-refractivity contribution in [3.8, 4) is 22.6 Å². The summed E-state index contributed by atoms with van der Waals surface area (Å²) < 4.78 is 21.4. The first-order valence-corrected chi connectivity index (χ1v) is 8.38. The first kappa shape index (κ1) is 15.5. The Kier molecular flexibility index (Phi) is 4.56. The number of fused-ring (bicyclic) bond motifs is 1. The van der Waals surface area contributed by atoms with E-state index in [0.29, 0.717) is 0 Å². The largest absolute Gasteiger partial charge is 0.750 e. The lowest BCUT2D eigenvalue weighted by atomic mass is 9.98. The molecule has 1 N–H and O–H groups in total. The van der Waals surface area contributed by atoms with Crippen LogP contribution in [0.25, 0.3) is 21.9 Å². The van der Waals surface area contributed by atoms with E-state index >= 15 is 0 Å². The van der Waals surface area contributed by atoms with E-state index in [4.69, 9.17) is 9.05 Å². The number of hydrogen-bond acceptors (Lipinski definition) is 4. The van der Waals surface area contributed by atoms with Gasteiger partial charge in [0.2, 0.25) is 5.75 Å². The number of aromatic hydroxyl groups is 1. The minimum atomic E-state index is -2.28. The number of phenolic OH excluding ortho intramolecular Hbond substituents is 1. The van der Waals surface area contributed by atoms with Gasteiger partial charge in [0.25, 0.3) is 0 Å². The van der Waals surface area contributed by atoms with Gasteiger partial charge in [-0.2, -0.15) is 0 Å². The molecular weight excluding hydrogens is 311 g/mol. The molecule has 0 amide bonds.